The number of hydrogen-bond acceptors (Lipinski definition) is 7. The van der Waals surface area contributed by atoms with Gasteiger partial charge in [0.15, 0.2) is 17.4 Å². The fourth-order valence-corrected chi connectivity index (χ4v) is 3.03. The summed E-state index contributed by atoms with van der Waals surface area (Å²) in [6, 6.07) is 0. The zero-order valence-corrected chi connectivity index (χ0v) is 13.3. The number of aliphatic hydroxyl groups is 2. The number of nitrogen functional groups attached to an aromatic ring is 1. The summed E-state index contributed by atoms with van der Waals surface area (Å²) in [5.41, 5.74) is 4.76. The Morgan fingerprint density at radius 1 is 1.46 bits per heavy atom. The molecule has 3 atom stereocenters. The number of aliphatic hydroxyl groups excluding tert-OH is 2. The summed E-state index contributed by atoms with van der Waals surface area (Å²) in [5, 5.41) is 19.4. The second-order valence-corrected chi connectivity index (χ2v) is 5.92. The highest BCUT2D eigenvalue weighted by atomic mass is 16.5. The van der Waals surface area contributed by atoms with Gasteiger partial charge in [-0.1, -0.05) is 13.3 Å². The van der Waals surface area contributed by atoms with E-state index in [0.29, 0.717) is 13.0 Å². The van der Waals surface area contributed by atoms with E-state index >= 15 is 0 Å². The Morgan fingerprint density at radius 3 is 2.83 bits per heavy atom. The summed E-state index contributed by atoms with van der Waals surface area (Å²) >= 11 is 0. The molecule has 0 spiro atoms. The van der Waals surface area contributed by atoms with Crippen LogP contribution in [0.4, 0.5) is 5.95 Å². The van der Waals surface area contributed by atoms with Gasteiger partial charge in [0.2, 0.25) is 5.95 Å². The largest absolute Gasteiger partial charge is 0.394 e. The zero-order valence-electron chi connectivity index (χ0n) is 13.3. The number of H-pyrrole nitrogens is 1. The number of fused-ring (bicyclic) bond motifs is 1. The van der Waals surface area contributed by atoms with Crippen molar-refractivity contribution in [3.8, 4) is 0 Å². The quantitative estimate of drug-likeness (QED) is 0.541. The number of nitrogens with two attached hydrogens (primary N) is 1. The third kappa shape index (κ3) is 2.62. The summed E-state index contributed by atoms with van der Waals surface area (Å²) < 4.78 is 8.03. The van der Waals surface area contributed by atoms with E-state index in [1.54, 1.807) is 0 Å². The van der Waals surface area contributed by atoms with Crippen molar-refractivity contribution in [1.82, 2.24) is 19.1 Å². The molecule has 3 rings (SSSR count). The average Bonchev–Trinajstić information content (AvgIpc) is 3.02. The van der Waals surface area contributed by atoms with Crippen LogP contribution in [0.2, 0.25) is 0 Å². The molecule has 0 saturated carbocycles. The summed E-state index contributed by atoms with van der Waals surface area (Å²) in [4.78, 5) is 31.6. The Bertz CT molecular complexity index is 854. The number of aromatic nitrogens is 4. The molecule has 10 heteroatoms. The van der Waals surface area contributed by atoms with Gasteiger partial charge in [0.05, 0.1) is 12.7 Å². The van der Waals surface area contributed by atoms with Gasteiger partial charge in [-0.05, 0) is 6.42 Å². The minimum absolute atomic E-state index is 0.0694. The number of rotatable bonds is 5. The number of nitrogens with one attached hydrogen (secondary N) is 1. The molecule has 0 amide bonds. The normalized spacial score (nSPS) is 24.0. The van der Waals surface area contributed by atoms with Crippen molar-refractivity contribution in [3.63, 3.8) is 0 Å². The maximum atomic E-state index is 12.8. The van der Waals surface area contributed by atoms with Crippen molar-refractivity contribution in [3.05, 3.63) is 20.8 Å². The van der Waals surface area contributed by atoms with E-state index in [1.165, 1.54) is 4.57 Å². The van der Waals surface area contributed by atoms with Gasteiger partial charge in [0.1, 0.15) is 6.10 Å². The molecule has 3 unspecified atom stereocenters. The van der Waals surface area contributed by atoms with E-state index in [-0.39, 0.29) is 30.1 Å². The maximum Gasteiger partial charge on any atom is 0.332 e. The van der Waals surface area contributed by atoms with Crippen molar-refractivity contribution in [2.45, 2.75) is 51.2 Å². The summed E-state index contributed by atoms with van der Waals surface area (Å²) in [6.07, 6.45) is -0.857. The molecule has 0 bridgehead atoms. The van der Waals surface area contributed by atoms with E-state index in [2.05, 4.69) is 9.97 Å². The van der Waals surface area contributed by atoms with Gasteiger partial charge >= 0.3 is 5.69 Å². The molecule has 1 fully saturated rings. The molecular weight excluding hydrogens is 318 g/mol. The first-order valence-corrected chi connectivity index (χ1v) is 7.92. The first kappa shape index (κ1) is 16.7. The van der Waals surface area contributed by atoms with Crippen molar-refractivity contribution in [2.24, 2.45) is 0 Å². The highest BCUT2D eigenvalue weighted by Gasteiger charge is 2.38. The molecule has 10 nitrogen and oxygen atoms in total. The topological polar surface area (TPSA) is 148 Å². The molecule has 3 heterocycles. The fraction of sp³-hybridized carbons (Fsp3) is 0.643. The number of ether oxygens (including phenoxy) is 1. The molecule has 132 valence electrons. The van der Waals surface area contributed by atoms with Crippen LogP contribution in [0.25, 0.3) is 11.2 Å². The molecular formula is C14H21N5O5. The number of imidazole rings is 1. The van der Waals surface area contributed by atoms with E-state index in [0.717, 1.165) is 11.0 Å². The Balaban J connectivity index is 2.22. The predicted molar refractivity (Wildman–Crippen MR) is 85.6 cm³/mol. The maximum absolute atomic E-state index is 12.8. The second kappa shape index (κ2) is 6.38. The highest BCUT2D eigenvalue weighted by molar-refractivity contribution is 5.71. The van der Waals surface area contributed by atoms with Gasteiger partial charge in [0, 0.05) is 13.0 Å². The van der Waals surface area contributed by atoms with Crippen molar-refractivity contribution in [2.75, 3.05) is 12.3 Å². The summed E-state index contributed by atoms with van der Waals surface area (Å²) in [7, 11) is 0. The minimum Gasteiger partial charge on any atom is -0.394 e. The number of nitrogens with zero attached hydrogens (tertiary/aromatic N) is 3. The van der Waals surface area contributed by atoms with Crippen molar-refractivity contribution < 1.29 is 14.9 Å². The number of unbranched alkanes of at least 4 members (excludes halogenated alkanes) is 1. The smallest absolute Gasteiger partial charge is 0.332 e. The lowest BCUT2D eigenvalue weighted by Crippen LogP contribution is -2.32. The summed E-state index contributed by atoms with van der Waals surface area (Å²) in [6.45, 7) is 2.05. The third-order valence-corrected chi connectivity index (χ3v) is 4.19. The van der Waals surface area contributed by atoms with Crippen LogP contribution in [0, 0.1) is 0 Å². The molecule has 2 aromatic rings. The van der Waals surface area contributed by atoms with Crippen LogP contribution in [0.15, 0.2) is 9.59 Å². The molecule has 0 aliphatic carbocycles. The SMILES string of the molecule is CCCCn1c(=O)n(C2OC(CO)CC2O)c2nc(N)[nH]c(=O)c21. The molecule has 0 aromatic carbocycles. The number of anilines is 1. The molecule has 1 saturated heterocycles. The minimum atomic E-state index is -1.02. The van der Waals surface area contributed by atoms with Crippen LogP contribution < -0.4 is 17.0 Å². The third-order valence-electron chi connectivity index (χ3n) is 4.19. The Labute approximate surface area is 136 Å². The van der Waals surface area contributed by atoms with Crippen LogP contribution in [0.1, 0.15) is 32.4 Å². The van der Waals surface area contributed by atoms with Gasteiger partial charge in [0.25, 0.3) is 5.56 Å². The molecule has 0 radical (unpaired) electrons. The molecule has 1 aliphatic rings. The molecule has 24 heavy (non-hydrogen) atoms. The highest BCUT2D eigenvalue weighted by Crippen LogP contribution is 2.29. The predicted octanol–water partition coefficient (Wildman–Crippen LogP) is -1.09. The Hall–Kier alpha value is -2.17. The first-order chi connectivity index (χ1) is 11.5. The lowest BCUT2D eigenvalue weighted by atomic mass is 10.2. The Morgan fingerprint density at radius 2 is 2.21 bits per heavy atom. The Kier molecular flexibility index (Phi) is 4.43. The van der Waals surface area contributed by atoms with Gasteiger partial charge in [-0.25, -0.2) is 9.36 Å². The van der Waals surface area contributed by atoms with Gasteiger partial charge < -0.3 is 20.7 Å². The summed E-state index contributed by atoms with van der Waals surface area (Å²) in [5.74, 6) is -0.125. The average molecular weight is 339 g/mol. The second-order valence-electron chi connectivity index (χ2n) is 5.92. The van der Waals surface area contributed by atoms with Crippen molar-refractivity contribution in [1.29, 1.82) is 0 Å². The lowest BCUT2D eigenvalue weighted by Gasteiger charge is -2.15. The van der Waals surface area contributed by atoms with Crippen molar-refractivity contribution >= 4 is 17.1 Å². The van der Waals surface area contributed by atoms with Crippen LogP contribution >= 0.6 is 0 Å². The number of aryl methyl sites for hydroxylation is 1. The molecule has 1 aliphatic heterocycles. The van der Waals surface area contributed by atoms with Crippen LogP contribution in [-0.4, -0.2) is 48.1 Å². The monoisotopic (exact) mass is 339 g/mol. The van der Waals surface area contributed by atoms with E-state index in [1.807, 2.05) is 6.92 Å². The van der Waals surface area contributed by atoms with Crippen LogP contribution in [-0.2, 0) is 11.3 Å². The fourth-order valence-electron chi connectivity index (χ4n) is 3.03. The molecule has 2 aromatic heterocycles. The molecule has 5 N–H and O–H groups in total. The van der Waals surface area contributed by atoms with Gasteiger partial charge in [-0.3, -0.25) is 14.3 Å². The number of hydrogen-bond donors (Lipinski definition) is 4. The lowest BCUT2D eigenvalue weighted by molar-refractivity contribution is -0.0505. The van der Waals surface area contributed by atoms with E-state index in [9.17, 15) is 19.8 Å². The van der Waals surface area contributed by atoms with E-state index < -0.39 is 29.7 Å². The van der Waals surface area contributed by atoms with E-state index in [4.69, 9.17) is 10.5 Å². The zero-order chi connectivity index (χ0) is 17.4. The number of aromatic amines is 1. The first-order valence-electron chi connectivity index (χ1n) is 7.92. The van der Waals surface area contributed by atoms with Gasteiger partial charge in [-0.2, -0.15) is 4.98 Å². The standard InChI is InChI=1S/C14H21N5O5/c1-2-3-4-18-9-10(16-13(15)17-11(9)22)19(14(18)23)12-8(21)5-7(6-20)24-12/h7-8,12,20-21H,2-6H2,1H3,(H3,15,16,17,22). The van der Waals surface area contributed by atoms with Crippen LogP contribution in [0.5, 0.6) is 0 Å². The van der Waals surface area contributed by atoms with Gasteiger partial charge in [-0.15, -0.1) is 0 Å². The van der Waals surface area contributed by atoms with Crippen LogP contribution in [0.3, 0.4) is 0 Å².